The molecule has 0 amide bonds. The molecule has 0 spiro atoms. The number of benzene rings is 1. The van der Waals surface area contributed by atoms with Crippen LogP contribution in [0.2, 0.25) is 10.0 Å². The lowest BCUT2D eigenvalue weighted by molar-refractivity contribution is -0.149. The topological polar surface area (TPSA) is 52.3 Å². The third-order valence-corrected chi connectivity index (χ3v) is 4.81. The third kappa shape index (κ3) is 6.47. The fourth-order valence-corrected chi connectivity index (χ4v) is 3.06. The molecule has 0 saturated carbocycles. The first-order valence-electron chi connectivity index (χ1n) is 6.91. The molecule has 1 aromatic carbocycles. The smallest absolute Gasteiger partial charge is 0.325 e. The maximum absolute atomic E-state index is 11.6. The molecule has 0 saturated heterocycles. The van der Waals surface area contributed by atoms with Crippen LogP contribution >= 0.6 is 35.0 Å². The number of carbonyl (C=O) groups excluding carboxylic acids is 1. The van der Waals surface area contributed by atoms with Gasteiger partial charge in [0.05, 0.1) is 16.7 Å². The second kappa shape index (κ2) is 8.89. The van der Waals surface area contributed by atoms with Crippen molar-refractivity contribution in [3.8, 4) is 0 Å². The molecule has 1 aromatic rings. The molecule has 2 N–H and O–H groups in total. The van der Waals surface area contributed by atoms with Gasteiger partial charge in [-0.25, -0.2) is 0 Å². The number of carbonyl (C=O) groups is 1. The normalized spacial score (nSPS) is 13.8. The zero-order chi connectivity index (χ0) is 15.9. The van der Waals surface area contributed by atoms with Gasteiger partial charge in [-0.15, -0.1) is 11.8 Å². The Morgan fingerprint density at radius 1 is 1.33 bits per heavy atom. The zero-order valence-electron chi connectivity index (χ0n) is 12.3. The molecule has 21 heavy (non-hydrogen) atoms. The molecule has 118 valence electrons. The summed E-state index contributed by atoms with van der Waals surface area (Å²) in [5, 5.41) is 1.13. The Morgan fingerprint density at radius 3 is 2.67 bits per heavy atom. The van der Waals surface area contributed by atoms with E-state index in [0.717, 1.165) is 23.5 Å². The van der Waals surface area contributed by atoms with Crippen molar-refractivity contribution >= 4 is 40.9 Å². The number of rotatable bonds is 8. The molecule has 0 aromatic heterocycles. The summed E-state index contributed by atoms with van der Waals surface area (Å²) >= 11 is 13.5. The van der Waals surface area contributed by atoms with Crippen molar-refractivity contribution in [1.29, 1.82) is 0 Å². The molecule has 0 fully saturated rings. The number of hydrogen-bond donors (Lipinski definition) is 1. The van der Waals surface area contributed by atoms with Gasteiger partial charge in [0, 0.05) is 4.90 Å². The number of hydrogen-bond acceptors (Lipinski definition) is 4. The maximum atomic E-state index is 11.6. The van der Waals surface area contributed by atoms with Gasteiger partial charge in [-0.2, -0.15) is 0 Å². The first kappa shape index (κ1) is 18.6. The molecule has 6 heteroatoms. The molecule has 0 aliphatic carbocycles. The van der Waals surface area contributed by atoms with Crippen LogP contribution in [0, 0.1) is 0 Å². The number of unbranched alkanes of at least 4 members (excludes halogenated alkanes) is 1. The van der Waals surface area contributed by atoms with E-state index in [-0.39, 0.29) is 5.97 Å². The molecule has 0 aliphatic heterocycles. The molecule has 0 heterocycles. The average molecular weight is 350 g/mol. The van der Waals surface area contributed by atoms with Gasteiger partial charge in [-0.3, -0.25) is 4.79 Å². The first-order chi connectivity index (χ1) is 9.86. The van der Waals surface area contributed by atoms with E-state index in [9.17, 15) is 4.79 Å². The molecule has 1 unspecified atom stereocenters. The van der Waals surface area contributed by atoms with Crippen molar-refractivity contribution in [3.63, 3.8) is 0 Å². The van der Waals surface area contributed by atoms with Gasteiger partial charge in [0.25, 0.3) is 0 Å². The summed E-state index contributed by atoms with van der Waals surface area (Å²) in [5.41, 5.74) is 5.06. The monoisotopic (exact) mass is 349 g/mol. The van der Waals surface area contributed by atoms with Gasteiger partial charge in [-0.1, -0.05) is 29.6 Å². The Labute approximate surface area is 140 Å². The van der Waals surface area contributed by atoms with Gasteiger partial charge in [0.2, 0.25) is 0 Å². The molecule has 3 nitrogen and oxygen atoms in total. The summed E-state index contributed by atoms with van der Waals surface area (Å²) in [6.45, 7) is 3.86. The summed E-state index contributed by atoms with van der Waals surface area (Å²) in [4.78, 5) is 12.7. The van der Waals surface area contributed by atoms with Gasteiger partial charge < -0.3 is 10.5 Å². The van der Waals surface area contributed by atoms with Crippen molar-refractivity contribution in [3.05, 3.63) is 28.2 Å². The van der Waals surface area contributed by atoms with Crippen molar-refractivity contribution in [1.82, 2.24) is 0 Å². The lowest BCUT2D eigenvalue weighted by Crippen LogP contribution is -2.46. The first-order valence-corrected chi connectivity index (χ1v) is 8.65. The zero-order valence-corrected chi connectivity index (χ0v) is 14.7. The number of halogens is 2. The summed E-state index contributed by atoms with van der Waals surface area (Å²) in [5.74, 6) is 0.610. The SMILES string of the molecule is CCOC(=O)C(C)(N)CCCCSc1ccc(Cl)c(Cl)c1. The van der Waals surface area contributed by atoms with Crippen LogP contribution in [0.1, 0.15) is 33.1 Å². The van der Waals surface area contributed by atoms with Crippen LogP contribution in [0.3, 0.4) is 0 Å². The molecular weight excluding hydrogens is 329 g/mol. The Balaban J connectivity index is 2.28. The second-order valence-electron chi connectivity index (χ2n) is 5.02. The highest BCUT2D eigenvalue weighted by Gasteiger charge is 2.28. The Bertz CT molecular complexity index is 481. The van der Waals surface area contributed by atoms with Gasteiger partial charge >= 0.3 is 5.97 Å². The number of nitrogens with two attached hydrogens (primary N) is 1. The molecule has 0 radical (unpaired) electrons. The summed E-state index contributed by atoms with van der Waals surface area (Å²) < 4.78 is 4.96. The van der Waals surface area contributed by atoms with Gasteiger partial charge in [0.1, 0.15) is 5.54 Å². The minimum Gasteiger partial charge on any atom is -0.465 e. The van der Waals surface area contributed by atoms with E-state index in [1.165, 1.54) is 0 Å². The standard InChI is InChI=1S/C15H21Cl2NO2S/c1-3-20-14(19)15(2,18)8-4-5-9-21-11-6-7-12(16)13(17)10-11/h6-7,10H,3-5,8-9,18H2,1-2H3. The number of thioether (sulfide) groups is 1. The third-order valence-electron chi connectivity index (χ3n) is 2.99. The van der Waals surface area contributed by atoms with Crippen LogP contribution in [-0.4, -0.2) is 23.9 Å². The Morgan fingerprint density at radius 2 is 2.05 bits per heavy atom. The minimum atomic E-state index is -0.899. The highest BCUT2D eigenvalue weighted by atomic mass is 35.5. The highest BCUT2D eigenvalue weighted by molar-refractivity contribution is 7.99. The molecular formula is C15H21Cl2NO2S. The van der Waals surface area contributed by atoms with E-state index >= 15 is 0 Å². The van der Waals surface area contributed by atoms with Crippen LogP contribution < -0.4 is 5.73 Å². The lowest BCUT2D eigenvalue weighted by atomic mass is 9.96. The van der Waals surface area contributed by atoms with E-state index < -0.39 is 5.54 Å². The molecule has 0 bridgehead atoms. The molecule has 1 rings (SSSR count). The van der Waals surface area contributed by atoms with Crippen LogP contribution in [0.15, 0.2) is 23.1 Å². The van der Waals surface area contributed by atoms with Crippen molar-refractivity contribution in [2.75, 3.05) is 12.4 Å². The average Bonchev–Trinajstić information content (AvgIpc) is 2.42. The predicted molar refractivity (Wildman–Crippen MR) is 90.3 cm³/mol. The van der Waals surface area contributed by atoms with Crippen molar-refractivity contribution in [2.24, 2.45) is 5.73 Å². The lowest BCUT2D eigenvalue weighted by Gasteiger charge is -2.21. The maximum Gasteiger partial charge on any atom is 0.325 e. The highest BCUT2D eigenvalue weighted by Crippen LogP contribution is 2.28. The van der Waals surface area contributed by atoms with E-state index in [2.05, 4.69) is 0 Å². The number of esters is 1. The Hall–Kier alpha value is -0.420. The summed E-state index contributed by atoms with van der Waals surface area (Å²) in [6, 6.07) is 5.61. The van der Waals surface area contributed by atoms with Gasteiger partial charge in [-0.05, 0) is 50.6 Å². The van der Waals surface area contributed by atoms with Crippen molar-refractivity contribution in [2.45, 2.75) is 43.5 Å². The van der Waals surface area contributed by atoms with Crippen LogP contribution in [0.5, 0.6) is 0 Å². The number of ether oxygens (including phenoxy) is 1. The fraction of sp³-hybridized carbons (Fsp3) is 0.533. The van der Waals surface area contributed by atoms with E-state index in [0.29, 0.717) is 23.1 Å². The Kier molecular flexibility index (Phi) is 7.88. The van der Waals surface area contributed by atoms with Gasteiger partial charge in [0.15, 0.2) is 0 Å². The molecule has 0 aliphatic rings. The summed E-state index contributed by atoms with van der Waals surface area (Å²) in [6.07, 6.45) is 2.46. The quantitative estimate of drug-likeness (QED) is 0.425. The fourth-order valence-electron chi connectivity index (χ4n) is 1.75. The van der Waals surface area contributed by atoms with E-state index in [4.69, 9.17) is 33.7 Å². The second-order valence-corrected chi connectivity index (χ2v) is 7.00. The largest absolute Gasteiger partial charge is 0.465 e. The minimum absolute atomic E-state index is 0.331. The van der Waals surface area contributed by atoms with Crippen LogP contribution in [0.4, 0.5) is 0 Å². The summed E-state index contributed by atoms with van der Waals surface area (Å²) in [7, 11) is 0. The van der Waals surface area contributed by atoms with E-state index in [1.807, 2.05) is 12.1 Å². The van der Waals surface area contributed by atoms with Crippen LogP contribution in [0.25, 0.3) is 0 Å². The predicted octanol–water partition coefficient (Wildman–Crippen LogP) is 4.54. The van der Waals surface area contributed by atoms with Crippen LogP contribution in [-0.2, 0) is 9.53 Å². The van der Waals surface area contributed by atoms with E-state index in [1.54, 1.807) is 31.7 Å². The van der Waals surface area contributed by atoms with Crippen molar-refractivity contribution < 1.29 is 9.53 Å². The molecule has 1 atom stereocenters.